The minimum absolute atomic E-state index is 0.0918. The topological polar surface area (TPSA) is 54.0 Å². The lowest BCUT2D eigenvalue weighted by atomic mass is 9.88. The standard InChI is InChI=1S/C21H26N2O3/c1-15-10-20-21(26-14-25-20)11-19(15)18-5-3-2-4-17(18)16(13-24)12-23-8-6-22-7-9-23/h2-5,10-11,16,22,24H,6-9,12-14H2,1H3. The summed E-state index contributed by atoms with van der Waals surface area (Å²) in [7, 11) is 0. The monoisotopic (exact) mass is 354 g/mol. The highest BCUT2D eigenvalue weighted by atomic mass is 16.7. The maximum absolute atomic E-state index is 10.1. The van der Waals surface area contributed by atoms with Crippen molar-refractivity contribution >= 4 is 0 Å². The third kappa shape index (κ3) is 3.43. The van der Waals surface area contributed by atoms with E-state index in [1.165, 1.54) is 5.56 Å². The second-order valence-electron chi connectivity index (χ2n) is 7.04. The lowest BCUT2D eigenvalue weighted by Gasteiger charge is -2.31. The fourth-order valence-corrected chi connectivity index (χ4v) is 3.89. The zero-order chi connectivity index (χ0) is 17.9. The Kier molecular flexibility index (Phi) is 5.11. The summed E-state index contributed by atoms with van der Waals surface area (Å²) in [4.78, 5) is 2.43. The maximum atomic E-state index is 10.1. The second kappa shape index (κ2) is 7.66. The number of fused-ring (bicyclic) bond motifs is 1. The van der Waals surface area contributed by atoms with Gasteiger partial charge in [0, 0.05) is 38.6 Å². The van der Waals surface area contributed by atoms with Gasteiger partial charge < -0.3 is 24.8 Å². The van der Waals surface area contributed by atoms with Crippen molar-refractivity contribution in [3.63, 3.8) is 0 Å². The van der Waals surface area contributed by atoms with E-state index in [0.29, 0.717) is 0 Å². The first-order valence-electron chi connectivity index (χ1n) is 9.29. The van der Waals surface area contributed by atoms with Crippen molar-refractivity contribution in [3.05, 3.63) is 47.5 Å². The van der Waals surface area contributed by atoms with Gasteiger partial charge in [-0.2, -0.15) is 0 Å². The van der Waals surface area contributed by atoms with Crippen LogP contribution in [0.15, 0.2) is 36.4 Å². The molecule has 2 aliphatic heterocycles. The SMILES string of the molecule is Cc1cc2c(cc1-c1ccccc1C(CO)CN1CCNCC1)OCO2. The number of piperazine rings is 1. The van der Waals surface area contributed by atoms with Gasteiger partial charge in [0.05, 0.1) is 6.61 Å². The van der Waals surface area contributed by atoms with Gasteiger partial charge in [-0.25, -0.2) is 0 Å². The molecule has 1 fully saturated rings. The van der Waals surface area contributed by atoms with Crippen molar-refractivity contribution in [2.24, 2.45) is 0 Å². The Morgan fingerprint density at radius 3 is 2.58 bits per heavy atom. The van der Waals surface area contributed by atoms with E-state index in [9.17, 15) is 5.11 Å². The van der Waals surface area contributed by atoms with E-state index in [1.807, 2.05) is 6.07 Å². The van der Waals surface area contributed by atoms with Crippen molar-refractivity contribution in [3.8, 4) is 22.6 Å². The predicted octanol–water partition coefficient (Wildman–Crippen LogP) is 2.37. The van der Waals surface area contributed by atoms with Crippen molar-refractivity contribution in [1.82, 2.24) is 10.2 Å². The third-order valence-electron chi connectivity index (χ3n) is 5.32. The highest BCUT2D eigenvalue weighted by Crippen LogP contribution is 2.40. The van der Waals surface area contributed by atoms with Crippen LogP contribution in [-0.2, 0) is 0 Å². The maximum Gasteiger partial charge on any atom is 0.231 e. The molecule has 1 atom stereocenters. The summed E-state index contributed by atoms with van der Waals surface area (Å²) in [5.74, 6) is 1.69. The van der Waals surface area contributed by atoms with E-state index in [0.717, 1.165) is 60.9 Å². The smallest absolute Gasteiger partial charge is 0.231 e. The Balaban J connectivity index is 1.68. The molecule has 0 aliphatic carbocycles. The largest absolute Gasteiger partial charge is 0.454 e. The molecule has 138 valence electrons. The number of aliphatic hydroxyl groups is 1. The average Bonchev–Trinajstić information content (AvgIpc) is 3.13. The minimum Gasteiger partial charge on any atom is -0.454 e. The fourth-order valence-electron chi connectivity index (χ4n) is 3.89. The molecule has 1 unspecified atom stereocenters. The Bertz CT molecular complexity index is 772. The van der Waals surface area contributed by atoms with Gasteiger partial charge in [-0.05, 0) is 41.3 Å². The van der Waals surface area contributed by atoms with Crippen LogP contribution < -0.4 is 14.8 Å². The predicted molar refractivity (Wildman–Crippen MR) is 102 cm³/mol. The van der Waals surface area contributed by atoms with Crippen molar-refractivity contribution in [2.75, 3.05) is 46.1 Å². The first kappa shape index (κ1) is 17.3. The number of hydrogen-bond acceptors (Lipinski definition) is 5. The number of hydrogen-bond donors (Lipinski definition) is 2. The van der Waals surface area contributed by atoms with E-state index in [4.69, 9.17) is 9.47 Å². The highest BCUT2D eigenvalue weighted by molar-refractivity contribution is 5.74. The minimum atomic E-state index is 0.0918. The van der Waals surface area contributed by atoms with Gasteiger partial charge in [0.2, 0.25) is 6.79 Å². The molecule has 0 saturated carbocycles. The zero-order valence-electron chi connectivity index (χ0n) is 15.2. The van der Waals surface area contributed by atoms with E-state index in [2.05, 4.69) is 47.5 Å². The highest BCUT2D eigenvalue weighted by Gasteiger charge is 2.22. The summed E-state index contributed by atoms with van der Waals surface area (Å²) in [5, 5.41) is 13.5. The number of rotatable bonds is 5. The average molecular weight is 354 g/mol. The van der Waals surface area contributed by atoms with Crippen LogP contribution in [0.3, 0.4) is 0 Å². The molecule has 2 heterocycles. The number of aryl methyl sites for hydroxylation is 1. The van der Waals surface area contributed by atoms with Gasteiger partial charge in [-0.1, -0.05) is 24.3 Å². The number of nitrogens with one attached hydrogen (secondary N) is 1. The fraction of sp³-hybridized carbons (Fsp3) is 0.429. The molecule has 0 radical (unpaired) electrons. The van der Waals surface area contributed by atoms with Gasteiger partial charge in [-0.3, -0.25) is 0 Å². The van der Waals surface area contributed by atoms with Crippen molar-refractivity contribution in [2.45, 2.75) is 12.8 Å². The molecule has 0 aromatic heterocycles. The number of aliphatic hydroxyl groups excluding tert-OH is 1. The summed E-state index contributed by atoms with van der Waals surface area (Å²) >= 11 is 0. The molecule has 0 amide bonds. The number of ether oxygens (including phenoxy) is 2. The van der Waals surface area contributed by atoms with Crippen molar-refractivity contribution in [1.29, 1.82) is 0 Å². The van der Waals surface area contributed by atoms with Gasteiger partial charge in [0.15, 0.2) is 11.5 Å². The first-order chi connectivity index (χ1) is 12.8. The van der Waals surface area contributed by atoms with E-state index in [1.54, 1.807) is 0 Å². The van der Waals surface area contributed by atoms with Crippen LogP contribution in [0.4, 0.5) is 0 Å². The quantitative estimate of drug-likeness (QED) is 0.863. The molecular formula is C21H26N2O3. The Morgan fingerprint density at radius 2 is 1.81 bits per heavy atom. The normalized spacial score (nSPS) is 18.1. The lowest BCUT2D eigenvalue weighted by Crippen LogP contribution is -2.45. The lowest BCUT2D eigenvalue weighted by molar-refractivity contribution is 0.174. The molecule has 2 aromatic rings. The molecule has 2 aromatic carbocycles. The molecular weight excluding hydrogens is 328 g/mol. The first-order valence-corrected chi connectivity index (χ1v) is 9.29. The number of benzene rings is 2. The molecule has 26 heavy (non-hydrogen) atoms. The van der Waals surface area contributed by atoms with Crippen LogP contribution in [-0.4, -0.2) is 56.1 Å². The molecule has 2 aliphatic rings. The van der Waals surface area contributed by atoms with E-state index < -0.39 is 0 Å². The summed E-state index contributed by atoms with van der Waals surface area (Å²) in [6, 6.07) is 12.5. The second-order valence-corrected chi connectivity index (χ2v) is 7.04. The Hall–Kier alpha value is -2.08. The Labute approximate surface area is 154 Å². The summed E-state index contributed by atoms with van der Waals surface area (Å²) in [6.07, 6.45) is 0. The number of nitrogens with zero attached hydrogens (tertiary/aromatic N) is 1. The van der Waals surface area contributed by atoms with Gasteiger partial charge >= 0.3 is 0 Å². The van der Waals surface area contributed by atoms with Crippen LogP contribution in [0.25, 0.3) is 11.1 Å². The van der Waals surface area contributed by atoms with Crippen LogP contribution in [0.5, 0.6) is 11.5 Å². The molecule has 4 rings (SSSR count). The molecule has 0 spiro atoms. The molecule has 0 bridgehead atoms. The van der Waals surface area contributed by atoms with Gasteiger partial charge in [0.1, 0.15) is 0 Å². The van der Waals surface area contributed by atoms with E-state index >= 15 is 0 Å². The summed E-state index contributed by atoms with van der Waals surface area (Å²) in [6.45, 7) is 7.48. The van der Waals surface area contributed by atoms with E-state index in [-0.39, 0.29) is 19.3 Å². The van der Waals surface area contributed by atoms with Crippen LogP contribution in [0.1, 0.15) is 17.0 Å². The molecule has 1 saturated heterocycles. The molecule has 5 nitrogen and oxygen atoms in total. The van der Waals surface area contributed by atoms with Crippen LogP contribution in [0, 0.1) is 6.92 Å². The zero-order valence-corrected chi connectivity index (χ0v) is 15.2. The van der Waals surface area contributed by atoms with Crippen molar-refractivity contribution < 1.29 is 14.6 Å². The third-order valence-corrected chi connectivity index (χ3v) is 5.32. The Morgan fingerprint density at radius 1 is 1.08 bits per heavy atom. The van der Waals surface area contributed by atoms with Gasteiger partial charge in [-0.15, -0.1) is 0 Å². The molecule has 5 heteroatoms. The summed E-state index contributed by atoms with van der Waals surface area (Å²) in [5.41, 5.74) is 4.65. The van der Waals surface area contributed by atoms with Crippen LogP contribution in [0.2, 0.25) is 0 Å². The summed E-state index contributed by atoms with van der Waals surface area (Å²) < 4.78 is 11.1. The van der Waals surface area contributed by atoms with Gasteiger partial charge in [0.25, 0.3) is 0 Å². The van der Waals surface area contributed by atoms with Crippen LogP contribution >= 0.6 is 0 Å². The molecule has 2 N–H and O–H groups in total.